The highest BCUT2D eigenvalue weighted by Crippen LogP contribution is 2.12. The normalized spacial score (nSPS) is 13.8. The van der Waals surface area contributed by atoms with Crippen LogP contribution in [0.25, 0.3) is 0 Å². The lowest BCUT2D eigenvalue weighted by molar-refractivity contribution is -0.145. The molecule has 0 aliphatic heterocycles. The molecular formula is C23H28N6O10. The zero-order valence-corrected chi connectivity index (χ0v) is 20.4. The molecule has 3 amide bonds. The van der Waals surface area contributed by atoms with E-state index in [0.29, 0.717) is 11.3 Å². The second kappa shape index (κ2) is 14.1. The summed E-state index contributed by atoms with van der Waals surface area (Å²) in [5.74, 6) is -7.81. The second-order valence-electron chi connectivity index (χ2n) is 8.48. The van der Waals surface area contributed by atoms with E-state index in [9.17, 15) is 49.2 Å². The Kier molecular flexibility index (Phi) is 10.9. The fourth-order valence-electron chi connectivity index (χ4n) is 3.38. The topological polar surface area (TPSA) is 274 Å². The molecule has 4 unspecified atom stereocenters. The van der Waals surface area contributed by atoms with Gasteiger partial charge in [0.1, 0.15) is 23.9 Å². The predicted octanol–water partition coefficient (Wildman–Crippen LogP) is -2.28. The standard InChI is InChI=1S/C23H28N6O10/c24-14(6-12-9-25-10-26-12)20(35)27-15(7-18(31)32)21(36)28-16(8-19(33)34)22(37)29-17(23(38)39)5-11-1-3-13(30)4-2-11/h1-4,9-10,14-17,30H,5-8,24H2,(H,25,26)(H,27,35)(H,28,36)(H,29,37)(H,31,32)(H,33,34)(H,38,39). The lowest BCUT2D eigenvalue weighted by Crippen LogP contribution is -2.58. The van der Waals surface area contributed by atoms with Crippen molar-refractivity contribution in [2.75, 3.05) is 0 Å². The van der Waals surface area contributed by atoms with E-state index in [-0.39, 0.29) is 18.6 Å². The van der Waals surface area contributed by atoms with E-state index in [1.165, 1.54) is 36.8 Å². The quantitative estimate of drug-likeness (QED) is 0.114. The fraction of sp³-hybridized carbons (Fsp3) is 0.348. The SMILES string of the molecule is NC(Cc1cnc[nH]1)C(=O)NC(CC(=O)O)C(=O)NC(CC(=O)O)C(=O)NC(Cc1ccc(O)cc1)C(=O)O. The van der Waals surface area contributed by atoms with Gasteiger partial charge in [0.2, 0.25) is 17.7 Å². The summed E-state index contributed by atoms with van der Waals surface area (Å²) in [6.07, 6.45) is 0.615. The van der Waals surface area contributed by atoms with Crippen molar-refractivity contribution in [1.29, 1.82) is 0 Å². The Balaban J connectivity index is 2.13. The number of imidazole rings is 1. The highest BCUT2D eigenvalue weighted by atomic mass is 16.4. The molecular weight excluding hydrogens is 520 g/mol. The number of nitrogens with two attached hydrogens (primary N) is 1. The molecule has 0 aliphatic carbocycles. The van der Waals surface area contributed by atoms with Crippen LogP contribution in [0.3, 0.4) is 0 Å². The lowest BCUT2D eigenvalue weighted by Gasteiger charge is -2.24. The average Bonchev–Trinajstić information content (AvgIpc) is 3.36. The number of aromatic nitrogens is 2. The molecule has 0 spiro atoms. The molecule has 210 valence electrons. The molecule has 0 radical (unpaired) electrons. The van der Waals surface area contributed by atoms with E-state index < -0.39 is 72.6 Å². The zero-order valence-electron chi connectivity index (χ0n) is 20.4. The van der Waals surface area contributed by atoms with Gasteiger partial charge in [-0.05, 0) is 17.7 Å². The van der Waals surface area contributed by atoms with Gasteiger partial charge >= 0.3 is 17.9 Å². The summed E-state index contributed by atoms with van der Waals surface area (Å²) in [4.78, 5) is 79.0. The molecule has 0 saturated carbocycles. The third kappa shape index (κ3) is 10.1. The maximum absolute atomic E-state index is 12.8. The molecule has 10 N–H and O–H groups in total. The number of aromatic amines is 1. The molecule has 0 aliphatic rings. The predicted molar refractivity (Wildman–Crippen MR) is 130 cm³/mol. The molecule has 1 aromatic heterocycles. The maximum atomic E-state index is 12.8. The number of aliphatic carboxylic acids is 3. The van der Waals surface area contributed by atoms with Crippen LogP contribution in [0.15, 0.2) is 36.8 Å². The van der Waals surface area contributed by atoms with Crippen LogP contribution in [0.2, 0.25) is 0 Å². The number of benzene rings is 1. The first-order chi connectivity index (χ1) is 18.3. The highest BCUT2D eigenvalue weighted by Gasteiger charge is 2.32. The summed E-state index contributed by atoms with van der Waals surface area (Å²) in [6.45, 7) is 0. The van der Waals surface area contributed by atoms with E-state index in [2.05, 4.69) is 25.9 Å². The van der Waals surface area contributed by atoms with Gasteiger partial charge in [-0.3, -0.25) is 24.0 Å². The number of H-pyrrole nitrogens is 1. The van der Waals surface area contributed by atoms with Crippen molar-refractivity contribution in [3.63, 3.8) is 0 Å². The Hall–Kier alpha value is -4.99. The Morgan fingerprint density at radius 3 is 1.77 bits per heavy atom. The molecule has 1 aromatic carbocycles. The van der Waals surface area contributed by atoms with Crippen LogP contribution in [-0.2, 0) is 41.6 Å². The average molecular weight is 549 g/mol. The van der Waals surface area contributed by atoms with Crippen LogP contribution in [0.4, 0.5) is 0 Å². The maximum Gasteiger partial charge on any atom is 0.326 e. The summed E-state index contributed by atoms with van der Waals surface area (Å²) in [7, 11) is 0. The largest absolute Gasteiger partial charge is 0.508 e. The van der Waals surface area contributed by atoms with Gasteiger partial charge in [0, 0.05) is 24.7 Å². The van der Waals surface area contributed by atoms with E-state index in [4.69, 9.17) is 5.73 Å². The fourth-order valence-corrected chi connectivity index (χ4v) is 3.38. The van der Waals surface area contributed by atoms with Gasteiger partial charge in [-0.2, -0.15) is 0 Å². The van der Waals surface area contributed by atoms with Crippen molar-refractivity contribution >= 4 is 35.6 Å². The third-order valence-electron chi connectivity index (χ3n) is 5.35. The van der Waals surface area contributed by atoms with Crippen molar-refractivity contribution in [1.82, 2.24) is 25.9 Å². The molecule has 0 bridgehead atoms. The number of carboxylic acids is 3. The molecule has 16 heteroatoms. The van der Waals surface area contributed by atoms with Crippen molar-refractivity contribution in [2.24, 2.45) is 5.73 Å². The third-order valence-corrected chi connectivity index (χ3v) is 5.35. The highest BCUT2D eigenvalue weighted by molar-refractivity contribution is 5.96. The molecule has 16 nitrogen and oxygen atoms in total. The van der Waals surface area contributed by atoms with Gasteiger partial charge in [0.25, 0.3) is 0 Å². The Morgan fingerprint density at radius 1 is 0.795 bits per heavy atom. The van der Waals surface area contributed by atoms with Crippen molar-refractivity contribution in [3.05, 3.63) is 48.0 Å². The number of carboxylic acid groups (broad SMARTS) is 3. The van der Waals surface area contributed by atoms with Gasteiger partial charge < -0.3 is 47.1 Å². The minimum absolute atomic E-state index is 0.0190. The van der Waals surface area contributed by atoms with Crippen molar-refractivity contribution in [3.8, 4) is 5.75 Å². The number of nitrogens with zero attached hydrogens (tertiary/aromatic N) is 1. The summed E-state index contributed by atoms with van der Waals surface area (Å²) in [5, 5.41) is 43.7. The number of amides is 3. The summed E-state index contributed by atoms with van der Waals surface area (Å²) in [5.41, 5.74) is 6.73. The number of phenols is 1. The Bertz CT molecular complexity index is 1180. The van der Waals surface area contributed by atoms with Crippen LogP contribution in [-0.4, -0.2) is 90.2 Å². The van der Waals surface area contributed by atoms with Gasteiger partial charge in [-0.15, -0.1) is 0 Å². The number of carbonyl (C=O) groups excluding carboxylic acids is 3. The van der Waals surface area contributed by atoms with Gasteiger partial charge in [0.05, 0.1) is 25.2 Å². The van der Waals surface area contributed by atoms with E-state index in [1.807, 2.05) is 0 Å². The first kappa shape index (κ1) is 30.2. The number of rotatable bonds is 15. The molecule has 2 aromatic rings. The number of aromatic hydroxyl groups is 1. The Labute approximate surface area is 220 Å². The van der Waals surface area contributed by atoms with E-state index >= 15 is 0 Å². The molecule has 2 rings (SSSR count). The van der Waals surface area contributed by atoms with E-state index in [1.54, 1.807) is 0 Å². The summed E-state index contributed by atoms with van der Waals surface area (Å²) >= 11 is 0. The smallest absolute Gasteiger partial charge is 0.326 e. The van der Waals surface area contributed by atoms with Crippen LogP contribution in [0.5, 0.6) is 5.75 Å². The van der Waals surface area contributed by atoms with Crippen LogP contribution < -0.4 is 21.7 Å². The van der Waals surface area contributed by atoms with Crippen LogP contribution in [0.1, 0.15) is 24.1 Å². The molecule has 0 fully saturated rings. The minimum atomic E-state index is -1.82. The van der Waals surface area contributed by atoms with Crippen molar-refractivity contribution < 1.29 is 49.2 Å². The molecule has 1 heterocycles. The summed E-state index contributed by atoms with van der Waals surface area (Å²) < 4.78 is 0. The zero-order chi connectivity index (χ0) is 29.1. The molecule has 39 heavy (non-hydrogen) atoms. The van der Waals surface area contributed by atoms with E-state index in [0.717, 1.165) is 0 Å². The van der Waals surface area contributed by atoms with Crippen LogP contribution >= 0.6 is 0 Å². The number of hydrogen-bond acceptors (Lipinski definition) is 9. The minimum Gasteiger partial charge on any atom is -0.508 e. The number of phenolic OH excluding ortho intramolecular Hbond substituents is 1. The molecule has 4 atom stereocenters. The monoisotopic (exact) mass is 548 g/mol. The van der Waals surface area contributed by atoms with Gasteiger partial charge in [-0.25, -0.2) is 9.78 Å². The first-order valence-electron chi connectivity index (χ1n) is 11.4. The second-order valence-corrected chi connectivity index (χ2v) is 8.48. The van der Waals surface area contributed by atoms with Crippen molar-refractivity contribution in [2.45, 2.75) is 49.9 Å². The van der Waals surface area contributed by atoms with Crippen LogP contribution in [0, 0.1) is 0 Å². The number of hydrogen-bond donors (Lipinski definition) is 9. The van der Waals surface area contributed by atoms with Gasteiger partial charge in [-0.1, -0.05) is 12.1 Å². The number of nitrogens with one attached hydrogen (secondary N) is 4. The summed E-state index contributed by atoms with van der Waals surface area (Å²) in [6, 6.07) is -0.839. The number of carbonyl (C=O) groups is 6. The molecule has 0 saturated heterocycles. The first-order valence-corrected chi connectivity index (χ1v) is 11.4. The lowest BCUT2D eigenvalue weighted by atomic mass is 10.0. The van der Waals surface area contributed by atoms with Gasteiger partial charge in [0.15, 0.2) is 0 Å². The Morgan fingerprint density at radius 2 is 1.31 bits per heavy atom.